The number of anilines is 1. The van der Waals surface area contributed by atoms with Crippen molar-refractivity contribution in [2.75, 3.05) is 5.32 Å². The summed E-state index contributed by atoms with van der Waals surface area (Å²) >= 11 is 0. The zero-order valence-corrected chi connectivity index (χ0v) is 12.3. The van der Waals surface area contributed by atoms with Crippen LogP contribution < -0.4 is 5.32 Å². The Morgan fingerprint density at radius 3 is 2.56 bits per heavy atom. The third kappa shape index (κ3) is 3.51. The Labute approximate surface area is 112 Å². The number of benzene rings is 1. The van der Waals surface area contributed by atoms with E-state index in [9.17, 15) is 0 Å². The number of rotatable bonds is 2. The highest BCUT2D eigenvalue weighted by atomic mass is 14.9. The molecule has 1 heteroatoms. The molecule has 0 aliphatic heterocycles. The van der Waals surface area contributed by atoms with Crippen LogP contribution in [-0.2, 0) is 0 Å². The molecule has 1 aliphatic carbocycles. The summed E-state index contributed by atoms with van der Waals surface area (Å²) in [5, 5.41) is 3.73. The van der Waals surface area contributed by atoms with Crippen LogP contribution in [0.15, 0.2) is 18.2 Å². The first-order valence-corrected chi connectivity index (χ1v) is 7.30. The highest BCUT2D eigenvalue weighted by molar-refractivity contribution is 5.48. The van der Waals surface area contributed by atoms with Crippen molar-refractivity contribution in [3.8, 4) is 0 Å². The molecule has 0 aromatic heterocycles. The van der Waals surface area contributed by atoms with Crippen LogP contribution in [0.1, 0.15) is 57.1 Å². The van der Waals surface area contributed by atoms with Gasteiger partial charge in [0.1, 0.15) is 0 Å². The van der Waals surface area contributed by atoms with Crippen LogP contribution in [0.4, 0.5) is 5.69 Å². The van der Waals surface area contributed by atoms with Crippen LogP contribution in [0.3, 0.4) is 0 Å². The predicted octanol–water partition coefficient (Wildman–Crippen LogP) is 5.07. The maximum Gasteiger partial charge on any atom is 0.0345 e. The molecule has 1 saturated carbocycles. The highest BCUT2D eigenvalue weighted by Gasteiger charge is 2.24. The van der Waals surface area contributed by atoms with Gasteiger partial charge in [0.05, 0.1) is 0 Å². The van der Waals surface area contributed by atoms with Crippen molar-refractivity contribution in [3.63, 3.8) is 0 Å². The van der Waals surface area contributed by atoms with Crippen molar-refractivity contribution in [1.82, 2.24) is 0 Å². The van der Waals surface area contributed by atoms with Crippen LogP contribution in [0.2, 0.25) is 0 Å². The summed E-state index contributed by atoms with van der Waals surface area (Å²) in [5.74, 6) is 0. The van der Waals surface area contributed by atoms with Gasteiger partial charge in [-0.05, 0) is 68.2 Å². The van der Waals surface area contributed by atoms with E-state index in [1.165, 1.54) is 48.9 Å². The topological polar surface area (TPSA) is 12.0 Å². The Hall–Kier alpha value is -0.980. The van der Waals surface area contributed by atoms with Crippen LogP contribution in [0, 0.1) is 19.3 Å². The fourth-order valence-corrected chi connectivity index (χ4v) is 2.87. The summed E-state index contributed by atoms with van der Waals surface area (Å²) in [6.45, 7) is 9.18. The highest BCUT2D eigenvalue weighted by Crippen LogP contribution is 2.34. The fourth-order valence-electron chi connectivity index (χ4n) is 2.87. The van der Waals surface area contributed by atoms with E-state index < -0.39 is 0 Å². The van der Waals surface area contributed by atoms with Crippen LogP contribution >= 0.6 is 0 Å². The van der Waals surface area contributed by atoms with E-state index in [0.717, 1.165) is 0 Å². The first-order valence-electron chi connectivity index (χ1n) is 7.30. The van der Waals surface area contributed by atoms with Crippen molar-refractivity contribution in [3.05, 3.63) is 29.3 Å². The van der Waals surface area contributed by atoms with Gasteiger partial charge in [-0.1, -0.05) is 26.3 Å². The van der Waals surface area contributed by atoms with E-state index in [-0.39, 0.29) is 0 Å². The minimum Gasteiger partial charge on any atom is -0.382 e. The molecule has 1 aromatic rings. The molecule has 0 spiro atoms. The van der Waals surface area contributed by atoms with Gasteiger partial charge in [0.25, 0.3) is 0 Å². The molecule has 1 fully saturated rings. The van der Waals surface area contributed by atoms with Crippen molar-refractivity contribution >= 4 is 5.69 Å². The zero-order valence-electron chi connectivity index (χ0n) is 12.3. The molecule has 0 heterocycles. The third-order valence-corrected chi connectivity index (χ3v) is 4.45. The second-order valence-electron chi connectivity index (χ2n) is 6.74. The minimum absolute atomic E-state index is 0.541. The Morgan fingerprint density at radius 1 is 1.06 bits per heavy atom. The molecule has 1 unspecified atom stereocenters. The lowest BCUT2D eigenvalue weighted by Crippen LogP contribution is -2.19. The van der Waals surface area contributed by atoms with Gasteiger partial charge < -0.3 is 5.32 Å². The lowest BCUT2D eigenvalue weighted by atomic mass is 9.85. The summed E-state index contributed by atoms with van der Waals surface area (Å²) < 4.78 is 0. The zero-order chi connectivity index (χ0) is 13.2. The summed E-state index contributed by atoms with van der Waals surface area (Å²) in [6, 6.07) is 7.39. The van der Waals surface area contributed by atoms with Gasteiger partial charge in [-0.25, -0.2) is 0 Å². The van der Waals surface area contributed by atoms with E-state index in [4.69, 9.17) is 0 Å². The summed E-state index contributed by atoms with van der Waals surface area (Å²) in [5.41, 5.74) is 4.60. The SMILES string of the molecule is Cc1ccc(NC2CCCC(C)(C)CC2)cc1C. The van der Waals surface area contributed by atoms with Crippen molar-refractivity contribution in [1.29, 1.82) is 0 Å². The van der Waals surface area contributed by atoms with E-state index in [1.807, 2.05) is 0 Å². The predicted molar refractivity (Wildman–Crippen MR) is 80.2 cm³/mol. The Balaban J connectivity index is 1.98. The summed E-state index contributed by atoms with van der Waals surface area (Å²) in [6.07, 6.45) is 6.69. The average molecular weight is 245 g/mol. The van der Waals surface area contributed by atoms with Gasteiger partial charge in [0.15, 0.2) is 0 Å². The molecule has 18 heavy (non-hydrogen) atoms. The minimum atomic E-state index is 0.541. The van der Waals surface area contributed by atoms with Crippen LogP contribution in [0.5, 0.6) is 0 Å². The van der Waals surface area contributed by atoms with Gasteiger partial charge >= 0.3 is 0 Å². The molecular weight excluding hydrogens is 218 g/mol. The first kappa shape index (κ1) is 13.5. The molecule has 1 atom stereocenters. The third-order valence-electron chi connectivity index (χ3n) is 4.45. The average Bonchev–Trinajstić information content (AvgIpc) is 2.46. The Morgan fingerprint density at radius 2 is 1.83 bits per heavy atom. The van der Waals surface area contributed by atoms with Crippen LogP contribution in [0.25, 0.3) is 0 Å². The van der Waals surface area contributed by atoms with Gasteiger partial charge in [-0.2, -0.15) is 0 Å². The molecule has 1 N–H and O–H groups in total. The molecular formula is C17H27N. The Kier molecular flexibility index (Phi) is 3.99. The van der Waals surface area contributed by atoms with Crippen molar-refractivity contribution in [2.24, 2.45) is 5.41 Å². The maximum atomic E-state index is 3.73. The second-order valence-corrected chi connectivity index (χ2v) is 6.74. The number of nitrogens with one attached hydrogen (secondary N) is 1. The van der Waals surface area contributed by atoms with E-state index in [2.05, 4.69) is 51.2 Å². The second kappa shape index (κ2) is 5.34. The smallest absolute Gasteiger partial charge is 0.0345 e. The lowest BCUT2D eigenvalue weighted by Gasteiger charge is -2.22. The lowest BCUT2D eigenvalue weighted by molar-refractivity contribution is 0.313. The fraction of sp³-hybridized carbons (Fsp3) is 0.647. The first-order chi connectivity index (χ1) is 8.46. The number of aryl methyl sites for hydroxylation is 2. The van der Waals surface area contributed by atoms with Gasteiger partial charge in [0.2, 0.25) is 0 Å². The molecule has 1 aromatic carbocycles. The van der Waals surface area contributed by atoms with Gasteiger partial charge in [-0.15, -0.1) is 0 Å². The molecule has 0 radical (unpaired) electrons. The molecule has 1 nitrogen and oxygen atoms in total. The summed E-state index contributed by atoms with van der Waals surface area (Å²) in [4.78, 5) is 0. The molecule has 1 aliphatic rings. The van der Waals surface area contributed by atoms with E-state index in [1.54, 1.807) is 0 Å². The normalized spacial score (nSPS) is 23.4. The largest absolute Gasteiger partial charge is 0.382 e. The number of hydrogen-bond donors (Lipinski definition) is 1. The van der Waals surface area contributed by atoms with Gasteiger partial charge in [-0.3, -0.25) is 0 Å². The van der Waals surface area contributed by atoms with Crippen molar-refractivity contribution in [2.45, 2.75) is 65.8 Å². The molecule has 0 amide bonds. The van der Waals surface area contributed by atoms with Crippen molar-refractivity contribution < 1.29 is 0 Å². The molecule has 2 rings (SSSR count). The maximum absolute atomic E-state index is 3.73. The molecule has 0 saturated heterocycles. The van der Waals surface area contributed by atoms with E-state index >= 15 is 0 Å². The molecule has 100 valence electrons. The van der Waals surface area contributed by atoms with E-state index in [0.29, 0.717) is 11.5 Å². The van der Waals surface area contributed by atoms with Gasteiger partial charge in [0, 0.05) is 11.7 Å². The van der Waals surface area contributed by atoms with Crippen LogP contribution in [-0.4, -0.2) is 6.04 Å². The molecule has 0 bridgehead atoms. The Bertz CT molecular complexity index is 406. The quantitative estimate of drug-likeness (QED) is 0.717. The standard InChI is InChI=1S/C17H27N/c1-13-7-8-16(12-14(13)2)18-15-6-5-10-17(3,4)11-9-15/h7-8,12,15,18H,5-6,9-11H2,1-4H3. The summed E-state index contributed by atoms with van der Waals surface area (Å²) in [7, 11) is 0. The number of hydrogen-bond acceptors (Lipinski definition) is 1. The monoisotopic (exact) mass is 245 g/mol.